The number of ether oxygens (including phenoxy) is 1. The third-order valence-electron chi connectivity index (χ3n) is 4.42. The van der Waals surface area contributed by atoms with Gasteiger partial charge in [-0.1, -0.05) is 67.6 Å². The SMILES string of the molecule is CCC1(c2ccccc2)OC(=O)C=C1C(=C=C(C)C)c1ccccc1. The number of hydrogen-bond acceptors (Lipinski definition) is 2. The molecule has 2 heteroatoms. The van der Waals surface area contributed by atoms with Gasteiger partial charge >= 0.3 is 5.97 Å². The second-order valence-corrected chi connectivity index (χ2v) is 6.39. The fourth-order valence-electron chi connectivity index (χ4n) is 3.30. The monoisotopic (exact) mass is 330 g/mol. The molecule has 3 rings (SSSR count). The smallest absolute Gasteiger partial charge is 0.332 e. The molecular weight excluding hydrogens is 308 g/mol. The van der Waals surface area contributed by atoms with Gasteiger partial charge in [0.15, 0.2) is 5.60 Å². The van der Waals surface area contributed by atoms with E-state index in [1.807, 2.05) is 81.4 Å². The molecule has 0 aliphatic carbocycles. The van der Waals surface area contributed by atoms with Gasteiger partial charge in [-0.2, -0.15) is 0 Å². The molecule has 0 N–H and O–H groups in total. The molecule has 2 nitrogen and oxygen atoms in total. The molecule has 2 aromatic rings. The van der Waals surface area contributed by atoms with Gasteiger partial charge in [0.2, 0.25) is 0 Å². The first-order chi connectivity index (χ1) is 12.1. The van der Waals surface area contributed by atoms with E-state index in [0.29, 0.717) is 6.42 Å². The first kappa shape index (κ1) is 17.0. The Bertz CT molecular complexity index is 865. The van der Waals surface area contributed by atoms with Gasteiger partial charge in [-0.05, 0) is 31.4 Å². The molecule has 0 spiro atoms. The van der Waals surface area contributed by atoms with Crippen LogP contribution < -0.4 is 0 Å². The Morgan fingerprint density at radius 2 is 1.60 bits per heavy atom. The van der Waals surface area contributed by atoms with E-state index in [2.05, 4.69) is 5.73 Å². The normalized spacial score (nSPS) is 19.0. The molecule has 2 aromatic carbocycles. The Morgan fingerprint density at radius 3 is 2.16 bits per heavy atom. The standard InChI is InChI=1S/C23H22O2/c1-4-23(19-13-9-6-10-14-19)21(16-22(24)25-23)20(15-17(2)3)18-11-7-5-8-12-18/h5-14,16H,4H2,1-3H3. The zero-order chi connectivity index (χ0) is 17.9. The van der Waals surface area contributed by atoms with E-state index in [-0.39, 0.29) is 5.97 Å². The Balaban J connectivity index is 2.26. The Hall–Kier alpha value is -2.83. The zero-order valence-electron chi connectivity index (χ0n) is 14.9. The van der Waals surface area contributed by atoms with Crippen molar-refractivity contribution in [1.82, 2.24) is 0 Å². The van der Waals surface area contributed by atoms with Crippen molar-refractivity contribution in [2.45, 2.75) is 32.8 Å². The first-order valence-electron chi connectivity index (χ1n) is 8.57. The predicted octanol–water partition coefficient (Wildman–Crippen LogP) is 5.42. The number of rotatable bonds is 4. The quantitative estimate of drug-likeness (QED) is 0.552. The number of cyclic esters (lactones) is 1. The summed E-state index contributed by atoms with van der Waals surface area (Å²) in [5.74, 6) is -0.301. The van der Waals surface area contributed by atoms with E-state index < -0.39 is 5.60 Å². The zero-order valence-corrected chi connectivity index (χ0v) is 14.9. The predicted molar refractivity (Wildman–Crippen MR) is 101 cm³/mol. The molecule has 1 heterocycles. The summed E-state index contributed by atoms with van der Waals surface area (Å²) in [7, 11) is 0. The average Bonchev–Trinajstić information content (AvgIpc) is 2.98. The maximum Gasteiger partial charge on any atom is 0.332 e. The third kappa shape index (κ3) is 3.22. The van der Waals surface area contributed by atoms with Crippen LogP contribution in [0.4, 0.5) is 0 Å². The number of carbonyl (C=O) groups excluding carboxylic acids is 1. The van der Waals surface area contributed by atoms with E-state index in [9.17, 15) is 4.79 Å². The van der Waals surface area contributed by atoms with Crippen molar-refractivity contribution in [3.8, 4) is 0 Å². The van der Waals surface area contributed by atoms with Crippen molar-refractivity contribution in [3.63, 3.8) is 0 Å². The third-order valence-corrected chi connectivity index (χ3v) is 4.42. The van der Waals surface area contributed by atoms with Gasteiger partial charge in [0, 0.05) is 22.8 Å². The van der Waals surface area contributed by atoms with Crippen molar-refractivity contribution < 1.29 is 9.53 Å². The molecule has 1 aliphatic heterocycles. The van der Waals surface area contributed by atoms with Gasteiger partial charge in [0.1, 0.15) is 0 Å². The molecule has 0 fully saturated rings. The van der Waals surface area contributed by atoms with Crippen LogP contribution in [0, 0.1) is 0 Å². The Kier molecular flexibility index (Phi) is 4.74. The van der Waals surface area contributed by atoms with E-state index in [1.165, 1.54) is 0 Å². The van der Waals surface area contributed by atoms with Gasteiger partial charge in [0.05, 0.1) is 0 Å². The average molecular weight is 330 g/mol. The highest BCUT2D eigenvalue weighted by atomic mass is 16.6. The fraction of sp³-hybridized carbons (Fsp3) is 0.217. The summed E-state index contributed by atoms with van der Waals surface area (Å²) >= 11 is 0. The number of benzene rings is 2. The minimum Gasteiger partial charge on any atom is -0.446 e. The summed E-state index contributed by atoms with van der Waals surface area (Å²) in [6.07, 6.45) is 2.28. The second-order valence-electron chi connectivity index (χ2n) is 6.39. The number of hydrogen-bond donors (Lipinski definition) is 0. The van der Waals surface area contributed by atoms with Crippen LogP contribution in [0.5, 0.6) is 0 Å². The number of esters is 1. The van der Waals surface area contributed by atoms with Gasteiger partial charge in [-0.3, -0.25) is 0 Å². The maximum atomic E-state index is 12.3. The van der Waals surface area contributed by atoms with Crippen LogP contribution in [0.2, 0.25) is 0 Å². The lowest BCUT2D eigenvalue weighted by Crippen LogP contribution is -2.29. The topological polar surface area (TPSA) is 26.3 Å². The molecule has 0 radical (unpaired) electrons. The first-order valence-corrected chi connectivity index (χ1v) is 8.57. The van der Waals surface area contributed by atoms with E-state index >= 15 is 0 Å². The van der Waals surface area contributed by atoms with Gasteiger partial charge in [-0.25, -0.2) is 4.79 Å². The van der Waals surface area contributed by atoms with Crippen LogP contribution >= 0.6 is 0 Å². The van der Waals surface area contributed by atoms with E-state index in [0.717, 1.165) is 27.8 Å². The molecule has 1 unspecified atom stereocenters. The summed E-state index contributed by atoms with van der Waals surface area (Å²) in [5, 5.41) is 0. The highest BCUT2D eigenvalue weighted by Crippen LogP contribution is 2.46. The molecule has 0 saturated carbocycles. The Labute approximate surface area is 149 Å². The highest BCUT2D eigenvalue weighted by molar-refractivity contribution is 5.96. The lowest BCUT2D eigenvalue weighted by molar-refractivity contribution is -0.147. The van der Waals surface area contributed by atoms with Crippen molar-refractivity contribution in [2.24, 2.45) is 0 Å². The van der Waals surface area contributed by atoms with Gasteiger partial charge < -0.3 is 4.74 Å². The minimum atomic E-state index is -0.772. The fourth-order valence-corrected chi connectivity index (χ4v) is 3.30. The van der Waals surface area contributed by atoms with Crippen molar-refractivity contribution in [1.29, 1.82) is 0 Å². The van der Waals surface area contributed by atoms with Gasteiger partial charge in [-0.15, -0.1) is 5.73 Å². The molecule has 1 aliphatic rings. The summed E-state index contributed by atoms with van der Waals surface area (Å²) in [4.78, 5) is 12.3. The van der Waals surface area contributed by atoms with Crippen LogP contribution in [0.15, 0.2) is 83.6 Å². The van der Waals surface area contributed by atoms with Crippen molar-refractivity contribution in [3.05, 3.63) is 94.7 Å². The van der Waals surface area contributed by atoms with Crippen molar-refractivity contribution in [2.75, 3.05) is 0 Å². The summed E-state index contributed by atoms with van der Waals surface area (Å²) in [6, 6.07) is 20.0. The lowest BCUT2D eigenvalue weighted by atomic mass is 9.79. The van der Waals surface area contributed by atoms with Crippen LogP contribution in [0.1, 0.15) is 38.3 Å². The van der Waals surface area contributed by atoms with E-state index in [4.69, 9.17) is 4.74 Å². The molecular formula is C23H22O2. The minimum absolute atomic E-state index is 0.301. The van der Waals surface area contributed by atoms with Gasteiger partial charge in [0.25, 0.3) is 0 Å². The molecule has 0 amide bonds. The summed E-state index contributed by atoms with van der Waals surface area (Å²) in [5.41, 5.74) is 7.53. The molecule has 126 valence electrons. The summed E-state index contributed by atoms with van der Waals surface area (Å²) in [6.45, 7) is 6.07. The van der Waals surface area contributed by atoms with Crippen LogP contribution in [0.3, 0.4) is 0 Å². The molecule has 0 aromatic heterocycles. The van der Waals surface area contributed by atoms with Crippen LogP contribution in [0.25, 0.3) is 5.57 Å². The van der Waals surface area contributed by atoms with Crippen LogP contribution in [-0.2, 0) is 15.1 Å². The van der Waals surface area contributed by atoms with Crippen molar-refractivity contribution >= 4 is 11.5 Å². The van der Waals surface area contributed by atoms with E-state index in [1.54, 1.807) is 6.08 Å². The maximum absolute atomic E-state index is 12.3. The number of carbonyl (C=O) groups is 1. The largest absolute Gasteiger partial charge is 0.446 e. The molecule has 1 atom stereocenters. The molecule has 0 bridgehead atoms. The molecule has 0 saturated heterocycles. The van der Waals surface area contributed by atoms with Crippen LogP contribution in [-0.4, -0.2) is 5.97 Å². The highest BCUT2D eigenvalue weighted by Gasteiger charge is 2.45. The summed E-state index contributed by atoms with van der Waals surface area (Å²) < 4.78 is 5.88. The molecule has 25 heavy (non-hydrogen) atoms. The lowest BCUT2D eigenvalue weighted by Gasteiger charge is -2.31. The second kappa shape index (κ2) is 6.96. The Morgan fingerprint density at radius 1 is 1.00 bits per heavy atom.